The van der Waals surface area contributed by atoms with E-state index in [0.29, 0.717) is 22.0 Å². The Morgan fingerprint density at radius 3 is 2.81 bits per heavy atom. The van der Waals surface area contributed by atoms with Crippen molar-refractivity contribution in [1.82, 2.24) is 4.98 Å². The van der Waals surface area contributed by atoms with Crippen molar-refractivity contribution in [2.75, 3.05) is 5.73 Å². The van der Waals surface area contributed by atoms with E-state index in [-0.39, 0.29) is 5.82 Å². The van der Waals surface area contributed by atoms with Crippen LogP contribution in [0.3, 0.4) is 0 Å². The van der Waals surface area contributed by atoms with Crippen molar-refractivity contribution < 1.29 is 4.39 Å². The zero-order chi connectivity index (χ0) is 11.7. The van der Waals surface area contributed by atoms with Gasteiger partial charge in [0, 0.05) is 11.8 Å². The van der Waals surface area contributed by atoms with E-state index in [4.69, 9.17) is 17.3 Å². The quantitative estimate of drug-likeness (QED) is 0.824. The van der Waals surface area contributed by atoms with Crippen LogP contribution in [0.25, 0.3) is 11.3 Å². The molecule has 16 heavy (non-hydrogen) atoms. The molecule has 2 aromatic rings. The van der Waals surface area contributed by atoms with Crippen molar-refractivity contribution in [2.24, 2.45) is 0 Å². The molecule has 2 rings (SSSR count). The summed E-state index contributed by atoms with van der Waals surface area (Å²) in [4.78, 5) is 4.14. The fourth-order valence-electron chi connectivity index (χ4n) is 1.46. The molecule has 1 heterocycles. The maximum Gasteiger partial charge on any atom is 0.123 e. The molecule has 1 aromatic carbocycles. The lowest BCUT2D eigenvalue weighted by Crippen LogP contribution is -1.97. The number of nitrogens with two attached hydrogens (primary N) is 1. The molecule has 0 atom stereocenters. The van der Waals surface area contributed by atoms with Gasteiger partial charge in [0.15, 0.2) is 0 Å². The smallest absolute Gasteiger partial charge is 0.123 e. The third-order valence-electron chi connectivity index (χ3n) is 2.39. The average Bonchev–Trinajstić information content (AvgIpc) is 2.26. The van der Waals surface area contributed by atoms with Gasteiger partial charge in [0.2, 0.25) is 0 Å². The molecule has 0 unspecified atom stereocenters. The molecule has 2 N–H and O–H groups in total. The Kier molecular flexibility index (Phi) is 2.79. The minimum Gasteiger partial charge on any atom is -0.397 e. The van der Waals surface area contributed by atoms with Crippen molar-refractivity contribution in [1.29, 1.82) is 0 Å². The Bertz CT molecular complexity index is 541. The molecule has 0 bridgehead atoms. The van der Waals surface area contributed by atoms with Crippen LogP contribution >= 0.6 is 11.6 Å². The monoisotopic (exact) mass is 236 g/mol. The first-order valence-electron chi connectivity index (χ1n) is 4.76. The number of halogens is 2. The second-order valence-electron chi connectivity index (χ2n) is 3.51. The Balaban J connectivity index is 2.67. The summed E-state index contributed by atoms with van der Waals surface area (Å²) in [5, 5.41) is 0.436. The maximum absolute atomic E-state index is 13.1. The van der Waals surface area contributed by atoms with Crippen LogP contribution in [0.4, 0.5) is 10.1 Å². The molecule has 1 aromatic heterocycles. The number of aromatic nitrogens is 1. The molecule has 0 saturated carbocycles. The number of hydrogen-bond donors (Lipinski definition) is 1. The molecular formula is C12H10ClFN2. The molecule has 0 aliphatic carbocycles. The number of rotatable bonds is 1. The molecule has 4 heteroatoms. The second-order valence-corrected chi connectivity index (χ2v) is 3.92. The molecule has 0 amide bonds. The topological polar surface area (TPSA) is 38.9 Å². The highest BCUT2D eigenvalue weighted by Crippen LogP contribution is 2.31. The minimum atomic E-state index is -0.359. The highest BCUT2D eigenvalue weighted by atomic mass is 35.5. The van der Waals surface area contributed by atoms with Gasteiger partial charge in [-0.05, 0) is 36.8 Å². The number of aryl methyl sites for hydroxylation is 1. The summed E-state index contributed by atoms with van der Waals surface area (Å²) in [6, 6.07) is 5.93. The van der Waals surface area contributed by atoms with Gasteiger partial charge in [-0.25, -0.2) is 4.39 Å². The number of nitrogens with zero attached hydrogens (tertiary/aromatic N) is 1. The van der Waals surface area contributed by atoms with Crippen molar-refractivity contribution in [3.05, 3.63) is 46.9 Å². The molecule has 0 saturated heterocycles. The lowest BCUT2D eigenvalue weighted by atomic mass is 10.1. The van der Waals surface area contributed by atoms with Crippen molar-refractivity contribution >= 4 is 17.3 Å². The van der Waals surface area contributed by atoms with Gasteiger partial charge in [-0.15, -0.1) is 0 Å². The van der Waals surface area contributed by atoms with Gasteiger partial charge in [-0.1, -0.05) is 11.6 Å². The van der Waals surface area contributed by atoms with Gasteiger partial charge >= 0.3 is 0 Å². The van der Waals surface area contributed by atoms with E-state index < -0.39 is 0 Å². The third kappa shape index (κ3) is 1.86. The van der Waals surface area contributed by atoms with Crippen LogP contribution in [0.1, 0.15) is 5.56 Å². The van der Waals surface area contributed by atoms with E-state index in [2.05, 4.69) is 4.98 Å². The van der Waals surface area contributed by atoms with E-state index in [1.54, 1.807) is 12.3 Å². The Morgan fingerprint density at radius 2 is 2.06 bits per heavy atom. The summed E-state index contributed by atoms with van der Waals surface area (Å²) < 4.78 is 13.1. The molecular weight excluding hydrogens is 227 g/mol. The second kappa shape index (κ2) is 4.10. The van der Waals surface area contributed by atoms with E-state index in [1.165, 1.54) is 18.2 Å². The van der Waals surface area contributed by atoms with Gasteiger partial charge in [0.25, 0.3) is 0 Å². The summed E-state index contributed by atoms with van der Waals surface area (Å²) in [5.41, 5.74) is 8.34. The first-order chi connectivity index (χ1) is 7.59. The van der Waals surface area contributed by atoms with Gasteiger partial charge in [-0.2, -0.15) is 0 Å². The standard InChI is InChI=1S/C12H10ClFN2/c1-7-4-5-16-12(11(7)15)9-6-8(14)2-3-10(9)13/h2-6H,15H2,1H3. The number of nitrogen functional groups attached to an aromatic ring is 1. The van der Waals surface area contributed by atoms with Crippen molar-refractivity contribution in [2.45, 2.75) is 6.92 Å². The zero-order valence-electron chi connectivity index (χ0n) is 8.67. The lowest BCUT2D eigenvalue weighted by molar-refractivity contribution is 0.628. The van der Waals surface area contributed by atoms with Crippen LogP contribution in [-0.2, 0) is 0 Å². The molecule has 0 radical (unpaired) electrons. The summed E-state index contributed by atoms with van der Waals surface area (Å²) in [6.45, 7) is 1.87. The van der Waals surface area contributed by atoms with E-state index >= 15 is 0 Å². The van der Waals surface area contributed by atoms with Gasteiger partial charge < -0.3 is 5.73 Å². The van der Waals surface area contributed by atoms with Crippen LogP contribution in [0.15, 0.2) is 30.5 Å². The van der Waals surface area contributed by atoms with E-state index in [1.807, 2.05) is 6.92 Å². The van der Waals surface area contributed by atoms with Gasteiger partial charge in [-0.3, -0.25) is 4.98 Å². The summed E-state index contributed by atoms with van der Waals surface area (Å²) in [6.07, 6.45) is 1.63. The molecule has 82 valence electrons. The van der Waals surface area contributed by atoms with E-state index in [0.717, 1.165) is 5.56 Å². The number of pyridine rings is 1. The van der Waals surface area contributed by atoms with Crippen LogP contribution in [-0.4, -0.2) is 4.98 Å². The lowest BCUT2D eigenvalue weighted by Gasteiger charge is -2.08. The average molecular weight is 237 g/mol. The normalized spacial score (nSPS) is 10.4. The van der Waals surface area contributed by atoms with Crippen LogP contribution < -0.4 is 5.73 Å². The minimum absolute atomic E-state index is 0.359. The fraction of sp³-hybridized carbons (Fsp3) is 0.0833. The van der Waals surface area contributed by atoms with Crippen LogP contribution in [0.5, 0.6) is 0 Å². The molecule has 0 aliphatic heterocycles. The zero-order valence-corrected chi connectivity index (χ0v) is 9.42. The predicted molar refractivity (Wildman–Crippen MR) is 63.8 cm³/mol. The van der Waals surface area contributed by atoms with E-state index in [9.17, 15) is 4.39 Å². The summed E-state index contributed by atoms with van der Waals surface area (Å²) in [7, 11) is 0. The van der Waals surface area contributed by atoms with Crippen LogP contribution in [0, 0.1) is 12.7 Å². The van der Waals surface area contributed by atoms with Gasteiger partial charge in [0.1, 0.15) is 5.82 Å². The first-order valence-corrected chi connectivity index (χ1v) is 5.14. The largest absolute Gasteiger partial charge is 0.397 e. The first kappa shape index (κ1) is 10.9. The maximum atomic E-state index is 13.1. The van der Waals surface area contributed by atoms with Crippen LogP contribution in [0.2, 0.25) is 5.02 Å². The fourth-order valence-corrected chi connectivity index (χ4v) is 1.67. The SMILES string of the molecule is Cc1ccnc(-c2cc(F)ccc2Cl)c1N. The summed E-state index contributed by atoms with van der Waals surface area (Å²) >= 11 is 5.99. The molecule has 0 fully saturated rings. The van der Waals surface area contributed by atoms with Crippen molar-refractivity contribution in [3.8, 4) is 11.3 Å². The number of anilines is 1. The number of benzene rings is 1. The Labute approximate surface area is 97.9 Å². The molecule has 2 nitrogen and oxygen atoms in total. The predicted octanol–water partition coefficient (Wildman–Crippen LogP) is 3.43. The Hall–Kier alpha value is -1.61. The third-order valence-corrected chi connectivity index (χ3v) is 2.72. The van der Waals surface area contributed by atoms with Crippen molar-refractivity contribution in [3.63, 3.8) is 0 Å². The number of hydrogen-bond acceptors (Lipinski definition) is 2. The molecule has 0 spiro atoms. The summed E-state index contributed by atoms with van der Waals surface area (Å²) in [5.74, 6) is -0.359. The Morgan fingerprint density at radius 1 is 1.31 bits per heavy atom. The highest BCUT2D eigenvalue weighted by Gasteiger charge is 2.10. The highest BCUT2D eigenvalue weighted by molar-refractivity contribution is 6.33. The van der Waals surface area contributed by atoms with Gasteiger partial charge in [0.05, 0.1) is 16.4 Å². The molecule has 0 aliphatic rings.